The van der Waals surface area contributed by atoms with Crippen molar-refractivity contribution < 1.29 is 14.5 Å². The molecule has 0 N–H and O–H groups in total. The number of benzene rings is 1. The second kappa shape index (κ2) is 6.56. The molecule has 0 radical (unpaired) electrons. The van der Waals surface area contributed by atoms with E-state index in [4.69, 9.17) is 4.74 Å². The third kappa shape index (κ3) is 2.99. The Morgan fingerprint density at radius 1 is 1.36 bits per heavy atom. The molecule has 0 saturated carbocycles. The van der Waals surface area contributed by atoms with Crippen molar-refractivity contribution in [3.8, 4) is 11.4 Å². The maximum Gasteiger partial charge on any atom is 0.358 e. The van der Waals surface area contributed by atoms with Gasteiger partial charge in [0.25, 0.3) is 5.69 Å². The molecule has 9 heteroatoms. The summed E-state index contributed by atoms with van der Waals surface area (Å²) in [5, 5.41) is 11.4. The minimum Gasteiger partial charge on any atom is -0.461 e. The van der Waals surface area contributed by atoms with Crippen LogP contribution in [-0.4, -0.2) is 36.6 Å². The fraction of sp³-hybridized carbons (Fsp3) is 0.188. The van der Waals surface area contributed by atoms with Crippen LogP contribution in [0.15, 0.2) is 43.2 Å². The molecule has 2 heterocycles. The van der Waals surface area contributed by atoms with Gasteiger partial charge in [-0.3, -0.25) is 14.7 Å². The highest BCUT2D eigenvalue weighted by atomic mass is 16.6. The summed E-state index contributed by atoms with van der Waals surface area (Å²) in [6, 6.07) is 4.68. The van der Waals surface area contributed by atoms with Gasteiger partial charge in [0.15, 0.2) is 5.69 Å². The van der Waals surface area contributed by atoms with Crippen LogP contribution < -0.4 is 0 Å². The number of aromatic nitrogens is 4. The monoisotopic (exact) mass is 341 g/mol. The maximum atomic E-state index is 11.9. The van der Waals surface area contributed by atoms with E-state index in [-0.39, 0.29) is 18.0 Å². The number of esters is 1. The SMILES string of the molecule is CCOC(=O)c1ncn(-c2cc(-n3ccnc3)ccc2[N+](=O)[O-])c1C. The van der Waals surface area contributed by atoms with Crippen LogP contribution in [0.4, 0.5) is 5.69 Å². The van der Waals surface area contributed by atoms with Gasteiger partial charge in [-0.15, -0.1) is 0 Å². The van der Waals surface area contributed by atoms with Gasteiger partial charge in [0.1, 0.15) is 12.0 Å². The van der Waals surface area contributed by atoms with Crippen LogP contribution >= 0.6 is 0 Å². The van der Waals surface area contributed by atoms with Crippen LogP contribution in [0, 0.1) is 17.0 Å². The first-order valence-electron chi connectivity index (χ1n) is 7.51. The molecule has 0 saturated heterocycles. The molecule has 128 valence electrons. The van der Waals surface area contributed by atoms with Gasteiger partial charge in [0.2, 0.25) is 0 Å². The predicted molar refractivity (Wildman–Crippen MR) is 88.0 cm³/mol. The van der Waals surface area contributed by atoms with Crippen LogP contribution in [0.2, 0.25) is 0 Å². The molecule has 0 atom stereocenters. The van der Waals surface area contributed by atoms with Crippen LogP contribution in [-0.2, 0) is 4.74 Å². The van der Waals surface area contributed by atoms with Crippen molar-refractivity contribution >= 4 is 11.7 Å². The van der Waals surface area contributed by atoms with Crippen molar-refractivity contribution in [3.63, 3.8) is 0 Å². The Bertz CT molecular complexity index is 930. The summed E-state index contributed by atoms with van der Waals surface area (Å²) in [5.41, 5.74) is 1.49. The van der Waals surface area contributed by atoms with E-state index in [9.17, 15) is 14.9 Å². The van der Waals surface area contributed by atoms with E-state index in [1.807, 2.05) is 0 Å². The highest BCUT2D eigenvalue weighted by molar-refractivity contribution is 5.88. The van der Waals surface area contributed by atoms with Crippen LogP contribution in [0.25, 0.3) is 11.4 Å². The first-order chi connectivity index (χ1) is 12.0. The number of nitrogens with zero attached hydrogens (tertiary/aromatic N) is 5. The standard InChI is InChI=1S/C16H15N5O4/c1-3-25-16(22)15-11(2)20(10-18-15)14-8-12(19-7-6-17-9-19)4-5-13(14)21(23)24/h4-10H,3H2,1-2H3. The van der Waals surface area contributed by atoms with Gasteiger partial charge in [-0.25, -0.2) is 14.8 Å². The van der Waals surface area contributed by atoms with Gasteiger partial charge >= 0.3 is 5.97 Å². The molecule has 0 bridgehead atoms. The van der Waals surface area contributed by atoms with Crippen LogP contribution in [0.5, 0.6) is 0 Å². The molecule has 0 aliphatic rings. The Balaban J connectivity index is 2.14. The Morgan fingerprint density at radius 3 is 2.80 bits per heavy atom. The zero-order valence-electron chi connectivity index (χ0n) is 13.6. The van der Waals surface area contributed by atoms with Crippen molar-refractivity contribution in [2.45, 2.75) is 13.8 Å². The van der Waals surface area contributed by atoms with Gasteiger partial charge in [-0.1, -0.05) is 0 Å². The molecule has 0 fully saturated rings. The topological polar surface area (TPSA) is 105 Å². The van der Waals surface area contributed by atoms with Gasteiger partial charge in [-0.2, -0.15) is 0 Å². The average molecular weight is 341 g/mol. The average Bonchev–Trinajstić information content (AvgIpc) is 3.24. The lowest BCUT2D eigenvalue weighted by atomic mass is 10.2. The highest BCUT2D eigenvalue weighted by Gasteiger charge is 2.22. The number of hydrogen-bond acceptors (Lipinski definition) is 6. The lowest BCUT2D eigenvalue weighted by Crippen LogP contribution is -2.08. The molecule has 0 spiro atoms. The van der Waals surface area contributed by atoms with E-state index >= 15 is 0 Å². The molecular weight excluding hydrogens is 326 g/mol. The number of carbonyl (C=O) groups excluding carboxylic acids is 1. The lowest BCUT2D eigenvalue weighted by Gasteiger charge is -2.10. The van der Waals surface area contributed by atoms with E-state index in [1.54, 1.807) is 49.3 Å². The number of hydrogen-bond donors (Lipinski definition) is 0. The summed E-state index contributed by atoms with van der Waals surface area (Å²) in [6.45, 7) is 3.58. The van der Waals surface area contributed by atoms with E-state index in [2.05, 4.69) is 9.97 Å². The quantitative estimate of drug-likeness (QED) is 0.401. The lowest BCUT2D eigenvalue weighted by molar-refractivity contribution is -0.384. The second-order valence-corrected chi connectivity index (χ2v) is 5.17. The number of imidazole rings is 2. The van der Waals surface area contributed by atoms with Gasteiger partial charge < -0.3 is 9.30 Å². The van der Waals surface area contributed by atoms with E-state index < -0.39 is 10.9 Å². The second-order valence-electron chi connectivity index (χ2n) is 5.17. The normalized spacial score (nSPS) is 10.6. The molecule has 2 aromatic heterocycles. The Labute approximate surface area is 142 Å². The van der Waals surface area contributed by atoms with Gasteiger partial charge in [0, 0.05) is 24.1 Å². The van der Waals surface area contributed by atoms with Crippen molar-refractivity contribution in [2.75, 3.05) is 6.61 Å². The fourth-order valence-corrected chi connectivity index (χ4v) is 2.48. The molecule has 0 unspecified atom stereocenters. The van der Waals surface area contributed by atoms with Crippen molar-refractivity contribution in [2.24, 2.45) is 0 Å². The molecule has 3 rings (SSSR count). The Hall–Kier alpha value is -3.49. The summed E-state index contributed by atoms with van der Waals surface area (Å²) in [4.78, 5) is 30.9. The van der Waals surface area contributed by atoms with E-state index in [0.29, 0.717) is 17.1 Å². The molecule has 0 aliphatic heterocycles. The van der Waals surface area contributed by atoms with Crippen molar-refractivity contribution in [1.29, 1.82) is 0 Å². The largest absolute Gasteiger partial charge is 0.461 e. The first-order valence-corrected chi connectivity index (χ1v) is 7.51. The summed E-state index contributed by atoms with van der Waals surface area (Å²) < 4.78 is 8.19. The summed E-state index contributed by atoms with van der Waals surface area (Å²) in [6.07, 6.45) is 6.32. The number of nitro groups is 1. The van der Waals surface area contributed by atoms with Crippen molar-refractivity contribution in [3.05, 3.63) is 64.7 Å². The van der Waals surface area contributed by atoms with E-state index in [1.165, 1.54) is 17.0 Å². The Kier molecular flexibility index (Phi) is 4.29. The third-order valence-corrected chi connectivity index (χ3v) is 3.69. The van der Waals surface area contributed by atoms with Gasteiger partial charge in [-0.05, 0) is 26.0 Å². The molecule has 0 aliphatic carbocycles. The zero-order valence-corrected chi connectivity index (χ0v) is 13.6. The number of carbonyl (C=O) groups is 1. The molecule has 3 aromatic rings. The molecule has 9 nitrogen and oxygen atoms in total. The number of ether oxygens (including phenoxy) is 1. The summed E-state index contributed by atoms with van der Waals surface area (Å²) in [7, 11) is 0. The summed E-state index contributed by atoms with van der Waals surface area (Å²) in [5.74, 6) is -0.563. The predicted octanol–water partition coefficient (Wildman–Crippen LogP) is 2.45. The highest BCUT2D eigenvalue weighted by Crippen LogP contribution is 2.27. The van der Waals surface area contributed by atoms with Crippen LogP contribution in [0.1, 0.15) is 23.1 Å². The molecule has 1 aromatic carbocycles. The third-order valence-electron chi connectivity index (χ3n) is 3.69. The minimum atomic E-state index is -0.563. The zero-order chi connectivity index (χ0) is 18.0. The fourth-order valence-electron chi connectivity index (χ4n) is 2.48. The molecule has 25 heavy (non-hydrogen) atoms. The molecule has 0 amide bonds. The van der Waals surface area contributed by atoms with Crippen LogP contribution in [0.3, 0.4) is 0 Å². The number of nitro benzene ring substituents is 1. The first kappa shape index (κ1) is 16.4. The Morgan fingerprint density at radius 2 is 2.16 bits per heavy atom. The van der Waals surface area contributed by atoms with Gasteiger partial charge in [0.05, 0.1) is 23.6 Å². The minimum absolute atomic E-state index is 0.0974. The van der Waals surface area contributed by atoms with Crippen molar-refractivity contribution in [1.82, 2.24) is 19.1 Å². The smallest absolute Gasteiger partial charge is 0.358 e. The number of rotatable bonds is 5. The summed E-state index contributed by atoms with van der Waals surface area (Å²) >= 11 is 0. The molecular formula is C16H15N5O4. The van der Waals surface area contributed by atoms with E-state index in [0.717, 1.165) is 0 Å². The maximum absolute atomic E-state index is 11.9.